The summed E-state index contributed by atoms with van der Waals surface area (Å²) in [6, 6.07) is 5.96. The van der Waals surface area contributed by atoms with Crippen molar-refractivity contribution < 1.29 is 19.4 Å². The average Bonchev–Trinajstić information content (AvgIpc) is 2.87. The van der Waals surface area contributed by atoms with Crippen molar-refractivity contribution in [1.29, 1.82) is 0 Å². The second-order valence-corrected chi connectivity index (χ2v) is 8.32. The van der Waals surface area contributed by atoms with Gasteiger partial charge in [0, 0.05) is 47.0 Å². The van der Waals surface area contributed by atoms with Gasteiger partial charge in [-0.05, 0) is 30.2 Å². The number of hydrogen-bond donors (Lipinski definition) is 1. The highest BCUT2D eigenvalue weighted by Crippen LogP contribution is 2.52. The molecule has 0 aromatic heterocycles. The Morgan fingerprint density at radius 1 is 1.38 bits per heavy atom. The molecule has 0 bridgehead atoms. The first-order valence-corrected chi connectivity index (χ1v) is 9.83. The number of benzene rings is 1. The summed E-state index contributed by atoms with van der Waals surface area (Å²) >= 11 is 0. The first kappa shape index (κ1) is 19.2. The highest BCUT2D eigenvalue weighted by molar-refractivity contribution is 5.88. The van der Waals surface area contributed by atoms with E-state index in [2.05, 4.69) is 31.4 Å². The summed E-state index contributed by atoms with van der Waals surface area (Å²) in [7, 11) is 0. The van der Waals surface area contributed by atoms with Crippen molar-refractivity contribution in [2.75, 3.05) is 11.4 Å². The summed E-state index contributed by atoms with van der Waals surface area (Å²) in [6.07, 6.45) is 6.04. The average molecular weight is 391 g/mol. The Morgan fingerprint density at radius 2 is 2.14 bits per heavy atom. The van der Waals surface area contributed by atoms with E-state index in [9.17, 15) is 9.59 Å². The van der Waals surface area contributed by atoms with Crippen LogP contribution in [0.25, 0.3) is 0 Å². The van der Waals surface area contributed by atoms with Gasteiger partial charge in [0.25, 0.3) is 0 Å². The number of carbonyl (C=O) groups is 2. The van der Waals surface area contributed by atoms with Crippen LogP contribution in [-0.4, -0.2) is 29.5 Å². The second kappa shape index (κ2) is 6.76. The number of hydrogen-bond acceptors (Lipinski definition) is 4. The fourth-order valence-corrected chi connectivity index (χ4v) is 4.70. The fraction of sp³-hybridized carbons (Fsp3) is 0.333. The molecule has 0 radical (unpaired) electrons. The van der Waals surface area contributed by atoms with E-state index >= 15 is 0 Å². The number of anilines is 1. The molecule has 5 heteroatoms. The van der Waals surface area contributed by atoms with Gasteiger partial charge in [-0.1, -0.05) is 38.6 Å². The van der Waals surface area contributed by atoms with E-state index in [4.69, 9.17) is 9.84 Å². The standard InChI is InChI=1S/C24H25NO4/c1-5-16-13-17-20(29-21(16)10-14(2)26)8-9-25-19-7-6-15(12-22(27)28)11-18(19)24(3,4)23(17)25/h5-7,10-11,13,20H,1,8-9,12H2,2-4H3,(H,27,28)/b21-10+. The van der Waals surface area contributed by atoms with Crippen LogP contribution in [0.1, 0.15) is 38.3 Å². The molecule has 4 rings (SSSR count). The smallest absolute Gasteiger partial charge is 0.307 e. The number of ether oxygens (including phenoxy) is 1. The van der Waals surface area contributed by atoms with Crippen molar-refractivity contribution >= 4 is 17.4 Å². The van der Waals surface area contributed by atoms with Crippen molar-refractivity contribution in [1.82, 2.24) is 0 Å². The van der Waals surface area contributed by atoms with Crippen LogP contribution in [0, 0.1) is 0 Å². The van der Waals surface area contributed by atoms with Gasteiger partial charge in [0.1, 0.15) is 11.9 Å². The molecule has 0 spiro atoms. The van der Waals surface area contributed by atoms with Gasteiger partial charge in [-0.25, -0.2) is 0 Å². The monoisotopic (exact) mass is 391 g/mol. The molecule has 5 nitrogen and oxygen atoms in total. The Kier molecular flexibility index (Phi) is 4.49. The third-order valence-electron chi connectivity index (χ3n) is 5.90. The van der Waals surface area contributed by atoms with Gasteiger partial charge >= 0.3 is 5.97 Å². The van der Waals surface area contributed by atoms with Crippen LogP contribution in [0.2, 0.25) is 0 Å². The predicted octanol–water partition coefficient (Wildman–Crippen LogP) is 4.05. The maximum absolute atomic E-state index is 11.6. The quantitative estimate of drug-likeness (QED) is 0.785. The van der Waals surface area contributed by atoms with Crippen LogP contribution >= 0.6 is 0 Å². The number of rotatable bonds is 4. The minimum absolute atomic E-state index is 0.0146. The first-order valence-electron chi connectivity index (χ1n) is 9.83. The predicted molar refractivity (Wildman–Crippen MR) is 112 cm³/mol. The van der Waals surface area contributed by atoms with Gasteiger partial charge in [-0.3, -0.25) is 9.59 Å². The molecule has 3 aliphatic rings. The van der Waals surface area contributed by atoms with Gasteiger partial charge < -0.3 is 14.7 Å². The van der Waals surface area contributed by atoms with Crippen LogP contribution in [0.5, 0.6) is 0 Å². The third-order valence-corrected chi connectivity index (χ3v) is 5.90. The van der Waals surface area contributed by atoms with Crippen LogP contribution in [-0.2, 0) is 26.2 Å². The summed E-state index contributed by atoms with van der Waals surface area (Å²) in [6.45, 7) is 10.5. The highest BCUT2D eigenvalue weighted by atomic mass is 16.5. The number of carbonyl (C=O) groups excluding carboxylic acids is 1. The molecule has 0 aliphatic carbocycles. The lowest BCUT2D eigenvalue weighted by Gasteiger charge is -2.40. The number of carboxylic acids is 1. The number of allylic oxidation sites excluding steroid dienone is 3. The number of nitrogens with zero attached hydrogens (tertiary/aromatic N) is 1. The zero-order valence-corrected chi connectivity index (χ0v) is 17.0. The molecule has 0 fully saturated rings. The highest BCUT2D eigenvalue weighted by Gasteiger charge is 2.46. The Morgan fingerprint density at radius 3 is 2.79 bits per heavy atom. The number of aliphatic carboxylic acids is 1. The maximum Gasteiger partial charge on any atom is 0.307 e. The van der Waals surface area contributed by atoms with Gasteiger partial charge in [0.15, 0.2) is 5.78 Å². The zero-order chi connectivity index (χ0) is 20.9. The topological polar surface area (TPSA) is 66.8 Å². The van der Waals surface area contributed by atoms with E-state index in [1.807, 2.05) is 18.2 Å². The molecule has 3 heterocycles. The van der Waals surface area contributed by atoms with E-state index in [0.29, 0.717) is 5.76 Å². The Hall–Kier alpha value is -3.08. The molecule has 0 saturated heterocycles. The van der Waals surface area contributed by atoms with E-state index in [0.717, 1.165) is 40.9 Å². The Bertz CT molecular complexity index is 1030. The Balaban J connectivity index is 1.87. The lowest BCUT2D eigenvalue weighted by Crippen LogP contribution is -2.39. The van der Waals surface area contributed by atoms with E-state index < -0.39 is 5.97 Å². The molecule has 1 N–H and O–H groups in total. The summed E-state index contributed by atoms with van der Waals surface area (Å²) < 4.78 is 6.22. The van der Waals surface area contributed by atoms with Gasteiger partial charge in [0.05, 0.1) is 6.42 Å². The van der Waals surface area contributed by atoms with E-state index in [1.165, 1.54) is 18.7 Å². The SMILES string of the molecule is C=CC1=CC2=C3N(CCC2O/C1=C/C(C)=O)c1ccc(CC(=O)O)cc1C3(C)C. The largest absolute Gasteiger partial charge is 0.485 e. The van der Waals surface area contributed by atoms with E-state index in [-0.39, 0.29) is 23.7 Å². The molecular weight excluding hydrogens is 366 g/mol. The Labute approximate surface area is 170 Å². The van der Waals surface area contributed by atoms with E-state index in [1.54, 1.807) is 6.08 Å². The normalized spacial score (nSPS) is 23.0. The fourth-order valence-electron chi connectivity index (χ4n) is 4.70. The van der Waals surface area contributed by atoms with Gasteiger partial charge in [-0.15, -0.1) is 0 Å². The molecular formula is C24H25NO4. The van der Waals surface area contributed by atoms with Crippen molar-refractivity contribution in [3.63, 3.8) is 0 Å². The summed E-state index contributed by atoms with van der Waals surface area (Å²) in [5, 5.41) is 9.17. The summed E-state index contributed by atoms with van der Waals surface area (Å²) in [5.74, 6) is -0.308. The van der Waals surface area contributed by atoms with Crippen molar-refractivity contribution in [3.05, 3.63) is 76.7 Å². The van der Waals surface area contributed by atoms with Crippen molar-refractivity contribution in [3.8, 4) is 0 Å². The van der Waals surface area contributed by atoms with Crippen LogP contribution in [0.3, 0.4) is 0 Å². The van der Waals surface area contributed by atoms with Crippen molar-refractivity contribution in [2.24, 2.45) is 0 Å². The molecule has 1 aromatic rings. The minimum atomic E-state index is -0.829. The molecule has 3 aliphatic heterocycles. The first-order chi connectivity index (χ1) is 13.7. The lowest BCUT2D eigenvalue weighted by molar-refractivity contribution is -0.136. The van der Waals surface area contributed by atoms with Gasteiger partial charge in [0.2, 0.25) is 0 Å². The summed E-state index contributed by atoms with van der Waals surface area (Å²) in [5.41, 5.74) is 5.87. The molecule has 0 saturated carbocycles. The molecule has 150 valence electrons. The number of ketones is 1. The van der Waals surface area contributed by atoms with Crippen molar-refractivity contribution in [2.45, 2.75) is 45.1 Å². The number of fused-ring (bicyclic) bond motifs is 4. The lowest BCUT2D eigenvalue weighted by atomic mass is 9.78. The zero-order valence-electron chi connectivity index (χ0n) is 17.0. The second-order valence-electron chi connectivity index (χ2n) is 8.32. The third kappa shape index (κ3) is 3.11. The van der Waals surface area contributed by atoms with Crippen LogP contribution in [0.4, 0.5) is 5.69 Å². The molecule has 1 unspecified atom stereocenters. The summed E-state index contributed by atoms with van der Waals surface area (Å²) in [4.78, 5) is 25.1. The van der Waals surface area contributed by atoms with Gasteiger partial charge in [-0.2, -0.15) is 0 Å². The minimum Gasteiger partial charge on any atom is -0.485 e. The molecule has 1 atom stereocenters. The van der Waals surface area contributed by atoms with Crippen LogP contribution < -0.4 is 4.90 Å². The molecule has 29 heavy (non-hydrogen) atoms. The molecule has 1 aromatic carbocycles. The molecule has 0 amide bonds. The number of carboxylic acid groups (broad SMARTS) is 1. The van der Waals surface area contributed by atoms with Crippen LogP contribution in [0.15, 0.2) is 65.6 Å². The maximum atomic E-state index is 11.6.